The zero-order valence-electron chi connectivity index (χ0n) is 10.2. The maximum atomic E-state index is 5.65. The Morgan fingerprint density at radius 3 is 2.17 bits per heavy atom. The third-order valence-corrected chi connectivity index (χ3v) is 2.70. The zero-order chi connectivity index (χ0) is 13.0. The van der Waals surface area contributed by atoms with E-state index in [1.807, 2.05) is 54.6 Å². The number of hydrogen-bond donors (Lipinski definition) is 2. The van der Waals surface area contributed by atoms with Crippen LogP contribution in [-0.4, -0.2) is 0 Å². The first-order valence-electron chi connectivity index (χ1n) is 5.73. The molecule has 0 radical (unpaired) electrons. The summed E-state index contributed by atoms with van der Waals surface area (Å²) in [6.45, 7) is 7.75. The van der Waals surface area contributed by atoms with Gasteiger partial charge in [0, 0.05) is 17.1 Å². The highest BCUT2D eigenvalue weighted by molar-refractivity contribution is 5.76. The first kappa shape index (κ1) is 12.0. The fraction of sp³-hybridized carbons (Fsp3) is 0. The van der Waals surface area contributed by atoms with E-state index in [2.05, 4.69) is 18.5 Å². The molecule has 2 nitrogen and oxygen atoms in total. The fourth-order valence-corrected chi connectivity index (χ4v) is 1.63. The van der Waals surface area contributed by atoms with Crippen LogP contribution in [0.4, 0.5) is 11.4 Å². The third-order valence-electron chi connectivity index (χ3n) is 2.70. The number of nitrogen functional groups attached to an aromatic ring is 1. The molecule has 0 amide bonds. The second-order valence-corrected chi connectivity index (χ2v) is 4.05. The van der Waals surface area contributed by atoms with E-state index in [1.165, 1.54) is 0 Å². The Balaban J connectivity index is 2.10. The molecule has 0 bridgehead atoms. The van der Waals surface area contributed by atoms with Crippen LogP contribution in [0.1, 0.15) is 11.1 Å². The highest BCUT2D eigenvalue weighted by atomic mass is 14.9. The van der Waals surface area contributed by atoms with Gasteiger partial charge in [0.2, 0.25) is 0 Å². The Morgan fingerprint density at radius 2 is 1.61 bits per heavy atom. The molecule has 0 aromatic heterocycles. The molecular formula is C16H16N2. The Labute approximate surface area is 107 Å². The first-order chi connectivity index (χ1) is 8.69. The Bertz CT molecular complexity index is 551. The molecule has 0 saturated heterocycles. The summed E-state index contributed by atoms with van der Waals surface area (Å²) in [5.41, 5.74) is 10.4. The molecule has 2 aromatic carbocycles. The highest BCUT2D eigenvalue weighted by Gasteiger charge is 1.99. The average Bonchev–Trinajstić information content (AvgIpc) is 2.40. The van der Waals surface area contributed by atoms with E-state index in [0.717, 1.165) is 28.2 Å². The smallest absolute Gasteiger partial charge is 0.0384 e. The summed E-state index contributed by atoms with van der Waals surface area (Å²) in [6.07, 6.45) is 1.82. The number of hydrogen-bond acceptors (Lipinski definition) is 2. The highest BCUT2D eigenvalue weighted by Crippen LogP contribution is 2.18. The van der Waals surface area contributed by atoms with Crippen LogP contribution in [0.2, 0.25) is 0 Å². The van der Waals surface area contributed by atoms with E-state index in [1.54, 1.807) is 0 Å². The van der Waals surface area contributed by atoms with Crippen LogP contribution < -0.4 is 11.1 Å². The molecule has 2 aromatic rings. The van der Waals surface area contributed by atoms with Gasteiger partial charge in [-0.3, -0.25) is 0 Å². The molecule has 3 N–H and O–H groups in total. The second kappa shape index (κ2) is 5.23. The quantitative estimate of drug-likeness (QED) is 0.787. The first-order valence-corrected chi connectivity index (χ1v) is 5.73. The summed E-state index contributed by atoms with van der Waals surface area (Å²) in [4.78, 5) is 0. The van der Waals surface area contributed by atoms with Crippen LogP contribution in [0.15, 0.2) is 61.7 Å². The molecule has 18 heavy (non-hydrogen) atoms. The topological polar surface area (TPSA) is 38.0 Å². The molecule has 0 fully saturated rings. The predicted molar refractivity (Wildman–Crippen MR) is 80.0 cm³/mol. The molecule has 90 valence electrons. The lowest BCUT2D eigenvalue weighted by atomic mass is 10.1. The number of benzene rings is 2. The van der Waals surface area contributed by atoms with E-state index in [-0.39, 0.29) is 0 Å². The van der Waals surface area contributed by atoms with Crippen molar-refractivity contribution in [2.45, 2.75) is 0 Å². The average molecular weight is 236 g/mol. The van der Waals surface area contributed by atoms with Gasteiger partial charge in [0.15, 0.2) is 0 Å². The minimum Gasteiger partial charge on any atom is -0.399 e. The molecule has 0 saturated carbocycles. The summed E-state index contributed by atoms with van der Waals surface area (Å²) < 4.78 is 0. The van der Waals surface area contributed by atoms with Crippen LogP contribution in [-0.2, 0) is 0 Å². The van der Waals surface area contributed by atoms with Gasteiger partial charge in [-0.25, -0.2) is 0 Å². The lowest BCUT2D eigenvalue weighted by molar-refractivity contribution is 1.53. The van der Waals surface area contributed by atoms with Gasteiger partial charge >= 0.3 is 0 Å². The van der Waals surface area contributed by atoms with Gasteiger partial charge in [-0.15, -0.1) is 0 Å². The Hall–Kier alpha value is -2.48. The Kier molecular flexibility index (Phi) is 3.49. The minimum absolute atomic E-state index is 0.752. The molecule has 0 atom stereocenters. The monoisotopic (exact) mass is 236 g/mol. The van der Waals surface area contributed by atoms with Gasteiger partial charge < -0.3 is 11.1 Å². The molecule has 2 heteroatoms. The Morgan fingerprint density at radius 1 is 1.00 bits per heavy atom. The molecule has 0 aliphatic rings. The second-order valence-electron chi connectivity index (χ2n) is 4.05. The molecule has 2 rings (SSSR count). The fourth-order valence-electron chi connectivity index (χ4n) is 1.63. The van der Waals surface area contributed by atoms with Crippen molar-refractivity contribution in [3.8, 4) is 0 Å². The molecule has 0 aliphatic heterocycles. The van der Waals surface area contributed by atoms with E-state index in [0.29, 0.717) is 0 Å². The standard InChI is InChI=1S/C16H16N2/c1-3-13-4-10-16(11-5-13)18-12(2)14-6-8-15(17)9-7-14/h3-11,18H,1-2,17H2. The van der Waals surface area contributed by atoms with Gasteiger partial charge in [-0.2, -0.15) is 0 Å². The third kappa shape index (κ3) is 2.80. The largest absolute Gasteiger partial charge is 0.399 e. The van der Waals surface area contributed by atoms with Crippen molar-refractivity contribution in [3.63, 3.8) is 0 Å². The molecule has 0 unspecified atom stereocenters. The van der Waals surface area contributed by atoms with Crippen molar-refractivity contribution in [2.24, 2.45) is 0 Å². The van der Waals surface area contributed by atoms with E-state index < -0.39 is 0 Å². The van der Waals surface area contributed by atoms with Gasteiger partial charge in [0.05, 0.1) is 0 Å². The maximum Gasteiger partial charge on any atom is 0.0384 e. The van der Waals surface area contributed by atoms with Crippen molar-refractivity contribution < 1.29 is 0 Å². The van der Waals surface area contributed by atoms with Crippen molar-refractivity contribution >= 4 is 23.1 Å². The number of nitrogens with two attached hydrogens (primary N) is 1. The van der Waals surface area contributed by atoms with Gasteiger partial charge in [-0.05, 0) is 35.4 Å². The maximum absolute atomic E-state index is 5.65. The SMILES string of the molecule is C=Cc1ccc(NC(=C)c2ccc(N)cc2)cc1. The van der Waals surface area contributed by atoms with Crippen LogP contribution in [0.25, 0.3) is 11.8 Å². The summed E-state index contributed by atoms with van der Waals surface area (Å²) in [5, 5.41) is 3.26. The van der Waals surface area contributed by atoms with Crippen LogP contribution in [0, 0.1) is 0 Å². The molecule has 0 spiro atoms. The summed E-state index contributed by atoms with van der Waals surface area (Å²) >= 11 is 0. The summed E-state index contributed by atoms with van der Waals surface area (Å²) in [5.74, 6) is 0. The van der Waals surface area contributed by atoms with E-state index in [9.17, 15) is 0 Å². The number of rotatable bonds is 4. The predicted octanol–water partition coefficient (Wildman–Crippen LogP) is 3.99. The molecular weight excluding hydrogens is 220 g/mol. The summed E-state index contributed by atoms with van der Waals surface area (Å²) in [7, 11) is 0. The van der Waals surface area contributed by atoms with Crippen LogP contribution in [0.5, 0.6) is 0 Å². The number of anilines is 2. The van der Waals surface area contributed by atoms with Crippen LogP contribution in [0.3, 0.4) is 0 Å². The van der Waals surface area contributed by atoms with Crippen molar-refractivity contribution in [1.82, 2.24) is 0 Å². The van der Waals surface area contributed by atoms with Gasteiger partial charge in [0.25, 0.3) is 0 Å². The summed E-state index contributed by atoms with van der Waals surface area (Å²) in [6, 6.07) is 15.6. The normalized spacial score (nSPS) is 9.78. The van der Waals surface area contributed by atoms with Crippen molar-refractivity contribution in [2.75, 3.05) is 11.1 Å². The van der Waals surface area contributed by atoms with E-state index >= 15 is 0 Å². The van der Waals surface area contributed by atoms with E-state index in [4.69, 9.17) is 5.73 Å². The van der Waals surface area contributed by atoms with Gasteiger partial charge in [-0.1, -0.05) is 43.5 Å². The molecule has 0 heterocycles. The van der Waals surface area contributed by atoms with Gasteiger partial charge in [0.1, 0.15) is 0 Å². The zero-order valence-corrected chi connectivity index (χ0v) is 10.2. The lowest BCUT2D eigenvalue weighted by Crippen LogP contribution is -1.97. The van der Waals surface area contributed by atoms with Crippen LogP contribution >= 0.6 is 0 Å². The molecule has 0 aliphatic carbocycles. The number of nitrogens with one attached hydrogen (secondary N) is 1. The van der Waals surface area contributed by atoms with Crippen molar-refractivity contribution in [1.29, 1.82) is 0 Å². The lowest BCUT2D eigenvalue weighted by Gasteiger charge is -2.10. The van der Waals surface area contributed by atoms with Crippen molar-refractivity contribution in [3.05, 3.63) is 72.8 Å². The minimum atomic E-state index is 0.752.